The number of aromatic amines is 1. The number of aliphatic hydroxyl groups excluding tert-OH is 1. The van der Waals surface area contributed by atoms with Gasteiger partial charge in [-0.15, -0.1) is 0 Å². The van der Waals surface area contributed by atoms with Crippen molar-refractivity contribution in [2.24, 2.45) is 5.92 Å². The van der Waals surface area contributed by atoms with Crippen LogP contribution in [0.1, 0.15) is 37.4 Å². The van der Waals surface area contributed by atoms with Crippen LogP contribution in [0.3, 0.4) is 0 Å². The van der Waals surface area contributed by atoms with Crippen LogP contribution in [0.4, 0.5) is 0 Å². The molecule has 3 nitrogen and oxygen atoms in total. The summed E-state index contributed by atoms with van der Waals surface area (Å²) in [5.41, 5.74) is 2.94. The highest BCUT2D eigenvalue weighted by Gasteiger charge is 2.23. The maximum Gasteiger partial charge on any atom is 0.0826 e. The van der Waals surface area contributed by atoms with Gasteiger partial charge >= 0.3 is 0 Å². The first-order valence-corrected chi connectivity index (χ1v) is 6.61. The summed E-state index contributed by atoms with van der Waals surface area (Å²) in [5, 5.41) is 17.3. The van der Waals surface area contributed by atoms with Crippen LogP contribution < -0.4 is 0 Å². The molecular weight excluding hydrogens is 224 g/mol. The molecule has 0 amide bonds. The number of nitrogens with zero attached hydrogens (tertiary/aromatic N) is 1. The van der Waals surface area contributed by atoms with Gasteiger partial charge in [-0.3, -0.25) is 5.10 Å². The van der Waals surface area contributed by atoms with Gasteiger partial charge in [0.15, 0.2) is 0 Å². The van der Waals surface area contributed by atoms with Gasteiger partial charge in [-0.1, -0.05) is 43.2 Å². The van der Waals surface area contributed by atoms with Crippen LogP contribution in [0, 0.1) is 5.92 Å². The summed E-state index contributed by atoms with van der Waals surface area (Å²) in [6.07, 6.45) is 5.98. The molecule has 94 valence electrons. The van der Waals surface area contributed by atoms with E-state index in [-0.39, 0.29) is 0 Å². The van der Waals surface area contributed by atoms with E-state index in [9.17, 15) is 5.11 Å². The third-order valence-corrected chi connectivity index (χ3v) is 3.64. The topological polar surface area (TPSA) is 48.9 Å². The second-order valence-electron chi connectivity index (χ2n) is 5.10. The van der Waals surface area contributed by atoms with E-state index < -0.39 is 6.10 Å². The summed E-state index contributed by atoms with van der Waals surface area (Å²) in [7, 11) is 0. The Morgan fingerprint density at radius 3 is 2.78 bits per heavy atom. The van der Waals surface area contributed by atoms with Gasteiger partial charge < -0.3 is 5.11 Å². The minimum Gasteiger partial charge on any atom is -0.388 e. The number of aromatic nitrogens is 2. The molecule has 0 aliphatic heterocycles. The van der Waals surface area contributed by atoms with E-state index in [1.807, 2.05) is 30.3 Å². The number of H-pyrrole nitrogens is 1. The van der Waals surface area contributed by atoms with Gasteiger partial charge in [-0.25, -0.2) is 0 Å². The van der Waals surface area contributed by atoms with Crippen LogP contribution in [-0.2, 0) is 0 Å². The zero-order valence-electron chi connectivity index (χ0n) is 10.3. The molecule has 2 aromatic rings. The lowest BCUT2D eigenvalue weighted by Crippen LogP contribution is -1.98. The van der Waals surface area contributed by atoms with Crippen molar-refractivity contribution in [3.63, 3.8) is 0 Å². The van der Waals surface area contributed by atoms with Crippen molar-refractivity contribution in [3.8, 4) is 11.3 Å². The molecule has 1 saturated carbocycles. The van der Waals surface area contributed by atoms with E-state index in [4.69, 9.17) is 0 Å². The molecule has 1 fully saturated rings. The molecule has 1 aliphatic carbocycles. The Balaban J connectivity index is 1.77. The number of hydrogen-bond acceptors (Lipinski definition) is 2. The number of benzene rings is 1. The molecule has 2 N–H and O–H groups in total. The van der Waals surface area contributed by atoms with Crippen molar-refractivity contribution in [3.05, 3.63) is 42.1 Å². The third kappa shape index (κ3) is 2.46. The molecule has 3 heteroatoms. The zero-order chi connectivity index (χ0) is 12.4. The van der Waals surface area contributed by atoms with Crippen molar-refractivity contribution in [2.75, 3.05) is 0 Å². The first-order valence-electron chi connectivity index (χ1n) is 6.61. The van der Waals surface area contributed by atoms with Crippen LogP contribution >= 0.6 is 0 Å². The van der Waals surface area contributed by atoms with Crippen molar-refractivity contribution in [1.82, 2.24) is 10.2 Å². The largest absolute Gasteiger partial charge is 0.388 e. The zero-order valence-corrected chi connectivity index (χ0v) is 10.3. The summed E-state index contributed by atoms with van der Waals surface area (Å²) in [6.45, 7) is 0. The SMILES string of the molecule is OC(CCC1CC1)c1cn[nH]c1-c1ccccc1. The lowest BCUT2D eigenvalue weighted by Gasteiger charge is -2.10. The average molecular weight is 242 g/mol. The third-order valence-electron chi connectivity index (χ3n) is 3.64. The van der Waals surface area contributed by atoms with E-state index in [1.54, 1.807) is 6.20 Å². The molecule has 1 unspecified atom stereocenters. The summed E-state index contributed by atoms with van der Waals surface area (Å²) in [4.78, 5) is 0. The van der Waals surface area contributed by atoms with E-state index in [0.29, 0.717) is 0 Å². The molecule has 0 radical (unpaired) electrons. The van der Waals surface area contributed by atoms with Crippen molar-refractivity contribution >= 4 is 0 Å². The highest BCUT2D eigenvalue weighted by Crippen LogP contribution is 2.37. The molecule has 0 spiro atoms. The van der Waals surface area contributed by atoms with Gasteiger partial charge in [0.25, 0.3) is 0 Å². The number of hydrogen-bond donors (Lipinski definition) is 2. The molecule has 18 heavy (non-hydrogen) atoms. The van der Waals surface area contributed by atoms with Gasteiger partial charge in [0.2, 0.25) is 0 Å². The van der Waals surface area contributed by atoms with E-state index in [2.05, 4.69) is 10.2 Å². The standard InChI is InChI=1S/C15H18N2O/c18-14(9-8-11-6-7-11)13-10-16-17-15(13)12-4-2-1-3-5-12/h1-5,10-11,14,18H,6-9H2,(H,16,17). The molecule has 0 saturated heterocycles. The molecule has 1 aliphatic rings. The van der Waals surface area contributed by atoms with E-state index in [0.717, 1.165) is 35.6 Å². The Hall–Kier alpha value is -1.61. The minimum atomic E-state index is -0.403. The Morgan fingerprint density at radius 1 is 1.28 bits per heavy atom. The minimum absolute atomic E-state index is 0.403. The lowest BCUT2D eigenvalue weighted by atomic mass is 10.0. The first-order chi connectivity index (χ1) is 8.84. The lowest BCUT2D eigenvalue weighted by molar-refractivity contribution is 0.163. The fourth-order valence-corrected chi connectivity index (χ4v) is 2.34. The maximum absolute atomic E-state index is 10.3. The Labute approximate surface area is 107 Å². The summed E-state index contributed by atoms with van der Waals surface area (Å²) < 4.78 is 0. The second-order valence-corrected chi connectivity index (χ2v) is 5.10. The quantitative estimate of drug-likeness (QED) is 0.845. The van der Waals surface area contributed by atoms with Gasteiger partial charge in [0.05, 0.1) is 18.0 Å². The highest BCUT2D eigenvalue weighted by atomic mass is 16.3. The van der Waals surface area contributed by atoms with Gasteiger partial charge in [0.1, 0.15) is 0 Å². The smallest absolute Gasteiger partial charge is 0.0826 e. The maximum atomic E-state index is 10.3. The molecule has 1 aromatic heterocycles. The summed E-state index contributed by atoms with van der Waals surface area (Å²) in [5.74, 6) is 0.853. The summed E-state index contributed by atoms with van der Waals surface area (Å²) in [6, 6.07) is 10.0. The van der Waals surface area contributed by atoms with E-state index in [1.165, 1.54) is 12.8 Å². The van der Waals surface area contributed by atoms with Crippen molar-refractivity contribution in [1.29, 1.82) is 0 Å². The fourth-order valence-electron chi connectivity index (χ4n) is 2.34. The Morgan fingerprint density at radius 2 is 2.06 bits per heavy atom. The Bertz CT molecular complexity index is 502. The van der Waals surface area contributed by atoms with Crippen molar-refractivity contribution in [2.45, 2.75) is 31.8 Å². The average Bonchev–Trinajstić information content (AvgIpc) is 3.11. The van der Waals surface area contributed by atoms with Crippen LogP contribution in [-0.4, -0.2) is 15.3 Å². The number of nitrogens with one attached hydrogen (secondary N) is 1. The highest BCUT2D eigenvalue weighted by molar-refractivity contribution is 5.62. The molecule has 1 heterocycles. The first kappa shape index (κ1) is 11.5. The van der Waals surface area contributed by atoms with E-state index >= 15 is 0 Å². The van der Waals surface area contributed by atoms with Gasteiger partial charge in [-0.2, -0.15) is 5.10 Å². The number of aliphatic hydroxyl groups is 1. The predicted molar refractivity (Wildman–Crippen MR) is 70.9 cm³/mol. The molecule has 1 atom stereocenters. The van der Waals surface area contributed by atoms with Crippen LogP contribution in [0.25, 0.3) is 11.3 Å². The van der Waals surface area contributed by atoms with Crippen LogP contribution in [0.2, 0.25) is 0 Å². The molecule has 3 rings (SSSR count). The van der Waals surface area contributed by atoms with Gasteiger partial charge in [-0.05, 0) is 24.3 Å². The molecular formula is C15H18N2O. The fraction of sp³-hybridized carbons (Fsp3) is 0.400. The number of rotatable bonds is 5. The predicted octanol–water partition coefficient (Wildman–Crippen LogP) is 3.30. The van der Waals surface area contributed by atoms with Gasteiger partial charge in [0, 0.05) is 5.56 Å². The Kier molecular flexibility index (Phi) is 3.15. The molecule has 1 aromatic carbocycles. The van der Waals surface area contributed by atoms with Crippen LogP contribution in [0.5, 0.6) is 0 Å². The molecule has 0 bridgehead atoms. The van der Waals surface area contributed by atoms with Crippen LogP contribution in [0.15, 0.2) is 36.5 Å². The van der Waals surface area contributed by atoms with Crippen molar-refractivity contribution < 1.29 is 5.11 Å². The second kappa shape index (κ2) is 4.94. The summed E-state index contributed by atoms with van der Waals surface area (Å²) >= 11 is 0. The monoisotopic (exact) mass is 242 g/mol. The normalized spacial score (nSPS) is 16.7.